The zero-order valence-corrected chi connectivity index (χ0v) is 10.4. The molecule has 0 fully saturated rings. The van der Waals surface area contributed by atoms with Gasteiger partial charge in [-0.25, -0.2) is 0 Å². The van der Waals surface area contributed by atoms with Gasteiger partial charge in [0.05, 0.1) is 0 Å². The first-order chi connectivity index (χ1) is 8.18. The molecule has 1 heterocycles. The average Bonchev–Trinajstić information content (AvgIpc) is 2.35. The van der Waals surface area contributed by atoms with Gasteiger partial charge in [-0.05, 0) is 44.1 Å². The zero-order valence-electron chi connectivity index (χ0n) is 10.4. The second kappa shape index (κ2) is 5.25. The van der Waals surface area contributed by atoms with Gasteiger partial charge in [-0.1, -0.05) is 18.2 Å². The highest BCUT2D eigenvalue weighted by molar-refractivity contribution is 5.85. The van der Waals surface area contributed by atoms with Crippen molar-refractivity contribution < 1.29 is 0 Å². The Bertz CT molecular complexity index is 488. The second-order valence-electron chi connectivity index (χ2n) is 4.64. The lowest BCUT2D eigenvalue weighted by Gasteiger charge is -2.17. The minimum atomic E-state index is 0.0866. The van der Waals surface area contributed by atoms with E-state index in [1.54, 1.807) is 0 Å². The van der Waals surface area contributed by atoms with Crippen LogP contribution in [0.15, 0.2) is 36.7 Å². The molecule has 0 spiro atoms. The smallest absolute Gasteiger partial charge is 0.0346 e. The molecule has 1 unspecified atom stereocenters. The van der Waals surface area contributed by atoms with Gasteiger partial charge in [-0.15, -0.1) is 0 Å². The molecule has 2 aromatic rings. The summed E-state index contributed by atoms with van der Waals surface area (Å²) >= 11 is 0. The largest absolute Gasteiger partial charge is 0.324 e. The first-order valence-electron chi connectivity index (χ1n) is 5.91. The molecule has 1 aromatic carbocycles. The summed E-state index contributed by atoms with van der Waals surface area (Å²) in [6.07, 6.45) is 4.68. The summed E-state index contributed by atoms with van der Waals surface area (Å²) in [7, 11) is 4.14. The van der Waals surface area contributed by atoms with E-state index in [1.807, 2.05) is 18.5 Å². The molecule has 17 heavy (non-hydrogen) atoms. The van der Waals surface area contributed by atoms with Crippen molar-refractivity contribution >= 4 is 10.8 Å². The van der Waals surface area contributed by atoms with Gasteiger partial charge in [-0.3, -0.25) is 4.98 Å². The van der Waals surface area contributed by atoms with E-state index in [-0.39, 0.29) is 6.04 Å². The standard InChI is InChI=1S/C14H19N3/c1-17(2)9-7-14(15)13-5-3-4-11-10-16-8-6-12(11)13/h3-6,8,10,14H,7,9,15H2,1-2H3. The number of nitrogens with two attached hydrogens (primary N) is 1. The molecule has 0 radical (unpaired) electrons. The monoisotopic (exact) mass is 229 g/mol. The number of nitrogens with zero attached hydrogens (tertiary/aromatic N) is 2. The Kier molecular flexibility index (Phi) is 3.71. The summed E-state index contributed by atoms with van der Waals surface area (Å²) in [6.45, 7) is 1.00. The quantitative estimate of drug-likeness (QED) is 0.873. The summed E-state index contributed by atoms with van der Waals surface area (Å²) in [5.41, 5.74) is 7.48. The van der Waals surface area contributed by atoms with Gasteiger partial charge in [-0.2, -0.15) is 0 Å². The van der Waals surface area contributed by atoms with Crippen LogP contribution in [0.2, 0.25) is 0 Å². The summed E-state index contributed by atoms with van der Waals surface area (Å²) in [5, 5.41) is 2.37. The van der Waals surface area contributed by atoms with Gasteiger partial charge in [0.15, 0.2) is 0 Å². The number of pyridine rings is 1. The normalized spacial score (nSPS) is 13.2. The predicted molar refractivity (Wildman–Crippen MR) is 71.8 cm³/mol. The molecule has 0 aliphatic carbocycles. The van der Waals surface area contributed by atoms with Gasteiger partial charge >= 0.3 is 0 Å². The van der Waals surface area contributed by atoms with Crippen molar-refractivity contribution in [3.63, 3.8) is 0 Å². The van der Waals surface area contributed by atoms with E-state index < -0.39 is 0 Å². The first kappa shape index (κ1) is 12.0. The molecule has 2 N–H and O–H groups in total. The molecule has 0 saturated carbocycles. The number of aromatic nitrogens is 1. The topological polar surface area (TPSA) is 42.1 Å². The lowest BCUT2D eigenvalue weighted by Crippen LogP contribution is -2.20. The van der Waals surface area contributed by atoms with Crippen LogP contribution in [0, 0.1) is 0 Å². The zero-order chi connectivity index (χ0) is 12.3. The highest BCUT2D eigenvalue weighted by Crippen LogP contribution is 2.24. The maximum atomic E-state index is 6.26. The van der Waals surface area contributed by atoms with Crippen molar-refractivity contribution in [3.8, 4) is 0 Å². The Labute approximate surface area is 102 Å². The van der Waals surface area contributed by atoms with E-state index in [0.29, 0.717) is 0 Å². The van der Waals surface area contributed by atoms with Crippen molar-refractivity contribution in [2.24, 2.45) is 5.73 Å². The summed E-state index contributed by atoms with van der Waals surface area (Å²) in [5.74, 6) is 0. The molecule has 0 saturated heterocycles. The van der Waals surface area contributed by atoms with Crippen molar-refractivity contribution in [2.75, 3.05) is 20.6 Å². The Morgan fingerprint density at radius 3 is 2.88 bits per heavy atom. The lowest BCUT2D eigenvalue weighted by molar-refractivity contribution is 0.383. The summed E-state index contributed by atoms with van der Waals surface area (Å²) < 4.78 is 0. The van der Waals surface area contributed by atoms with Crippen LogP contribution in [0.4, 0.5) is 0 Å². The van der Waals surface area contributed by atoms with Crippen LogP contribution in [-0.4, -0.2) is 30.5 Å². The molecule has 0 aliphatic heterocycles. The Morgan fingerprint density at radius 1 is 1.29 bits per heavy atom. The molecule has 2 rings (SSSR count). The number of rotatable bonds is 4. The van der Waals surface area contributed by atoms with Crippen molar-refractivity contribution in [3.05, 3.63) is 42.2 Å². The molecule has 90 valence electrons. The van der Waals surface area contributed by atoms with Crippen LogP contribution >= 0.6 is 0 Å². The number of fused-ring (bicyclic) bond motifs is 1. The maximum Gasteiger partial charge on any atom is 0.0346 e. The van der Waals surface area contributed by atoms with E-state index in [0.717, 1.165) is 18.4 Å². The van der Waals surface area contributed by atoms with E-state index in [1.165, 1.54) is 10.9 Å². The van der Waals surface area contributed by atoms with Gasteiger partial charge in [0.1, 0.15) is 0 Å². The fraction of sp³-hybridized carbons (Fsp3) is 0.357. The van der Waals surface area contributed by atoms with Crippen LogP contribution in [0.1, 0.15) is 18.0 Å². The van der Waals surface area contributed by atoms with Crippen LogP contribution in [0.5, 0.6) is 0 Å². The number of benzene rings is 1. The van der Waals surface area contributed by atoms with Crippen molar-refractivity contribution in [1.82, 2.24) is 9.88 Å². The molecule has 1 atom stereocenters. The Balaban J connectivity index is 2.28. The van der Waals surface area contributed by atoms with Crippen LogP contribution < -0.4 is 5.73 Å². The number of hydrogen-bond acceptors (Lipinski definition) is 3. The molecular formula is C14H19N3. The third-order valence-electron chi connectivity index (χ3n) is 3.00. The van der Waals surface area contributed by atoms with Crippen LogP contribution in [0.3, 0.4) is 0 Å². The highest BCUT2D eigenvalue weighted by atomic mass is 15.0. The van der Waals surface area contributed by atoms with E-state index in [9.17, 15) is 0 Å². The van der Waals surface area contributed by atoms with Crippen LogP contribution in [0.25, 0.3) is 10.8 Å². The fourth-order valence-electron chi connectivity index (χ4n) is 2.02. The average molecular weight is 229 g/mol. The first-order valence-corrected chi connectivity index (χ1v) is 5.91. The van der Waals surface area contributed by atoms with E-state index >= 15 is 0 Å². The minimum absolute atomic E-state index is 0.0866. The second-order valence-corrected chi connectivity index (χ2v) is 4.64. The summed E-state index contributed by atoms with van der Waals surface area (Å²) in [4.78, 5) is 6.30. The molecule has 0 aliphatic rings. The lowest BCUT2D eigenvalue weighted by atomic mass is 9.98. The van der Waals surface area contributed by atoms with E-state index in [2.05, 4.69) is 42.2 Å². The molecule has 0 amide bonds. The SMILES string of the molecule is CN(C)CCC(N)c1cccc2cnccc12. The van der Waals surface area contributed by atoms with Crippen molar-refractivity contribution in [1.29, 1.82) is 0 Å². The molecular weight excluding hydrogens is 210 g/mol. The summed E-state index contributed by atoms with van der Waals surface area (Å²) in [6, 6.07) is 8.37. The number of hydrogen-bond donors (Lipinski definition) is 1. The predicted octanol–water partition coefficient (Wildman–Crippen LogP) is 2.19. The molecule has 3 heteroatoms. The highest BCUT2D eigenvalue weighted by Gasteiger charge is 2.09. The van der Waals surface area contributed by atoms with Crippen molar-refractivity contribution in [2.45, 2.75) is 12.5 Å². The van der Waals surface area contributed by atoms with Gasteiger partial charge < -0.3 is 10.6 Å². The van der Waals surface area contributed by atoms with Gasteiger partial charge in [0.2, 0.25) is 0 Å². The maximum absolute atomic E-state index is 6.26. The molecule has 0 bridgehead atoms. The molecule has 3 nitrogen and oxygen atoms in total. The molecule has 1 aromatic heterocycles. The third-order valence-corrected chi connectivity index (χ3v) is 3.00. The van der Waals surface area contributed by atoms with E-state index in [4.69, 9.17) is 5.73 Å². The minimum Gasteiger partial charge on any atom is -0.324 e. The van der Waals surface area contributed by atoms with Gasteiger partial charge in [0, 0.05) is 23.8 Å². The third kappa shape index (κ3) is 2.81. The van der Waals surface area contributed by atoms with Crippen LogP contribution in [-0.2, 0) is 0 Å². The Hall–Kier alpha value is -1.45. The van der Waals surface area contributed by atoms with Gasteiger partial charge in [0.25, 0.3) is 0 Å². The fourth-order valence-corrected chi connectivity index (χ4v) is 2.02. The Morgan fingerprint density at radius 2 is 2.12 bits per heavy atom.